The molecule has 2 rings (SSSR count). The highest BCUT2D eigenvalue weighted by molar-refractivity contribution is 7.16. The van der Waals surface area contributed by atoms with Crippen LogP contribution in [-0.2, 0) is 4.74 Å². The molecule has 0 unspecified atom stereocenters. The van der Waals surface area contributed by atoms with Crippen molar-refractivity contribution in [2.24, 2.45) is 0 Å². The summed E-state index contributed by atoms with van der Waals surface area (Å²) in [4.78, 5) is 13.2. The van der Waals surface area contributed by atoms with Gasteiger partial charge >= 0.3 is 5.97 Å². The number of furan rings is 1. The highest BCUT2D eigenvalue weighted by atomic mass is 32.1. The normalized spacial score (nSPS) is 11.6. The Kier molecular flexibility index (Phi) is 3.41. The molecule has 2 aromatic rings. The van der Waals surface area contributed by atoms with Gasteiger partial charge in [-0.15, -0.1) is 11.3 Å². The number of nitrogens with two attached hydrogens (primary N) is 1. The van der Waals surface area contributed by atoms with Gasteiger partial charge < -0.3 is 14.9 Å². The lowest BCUT2D eigenvalue weighted by atomic mass is 10.1. The van der Waals surface area contributed by atoms with E-state index in [1.165, 1.54) is 11.3 Å². The van der Waals surface area contributed by atoms with Crippen molar-refractivity contribution in [2.45, 2.75) is 33.3 Å². The fourth-order valence-electron chi connectivity index (χ4n) is 1.82. The third-order valence-corrected chi connectivity index (χ3v) is 3.42. The molecule has 0 saturated carbocycles. The van der Waals surface area contributed by atoms with Crippen LogP contribution in [0.4, 0.5) is 5.00 Å². The molecule has 0 aliphatic rings. The first-order chi connectivity index (χ1) is 8.79. The zero-order valence-electron chi connectivity index (χ0n) is 11.4. The van der Waals surface area contributed by atoms with Crippen LogP contribution in [0.25, 0.3) is 11.3 Å². The number of ether oxygens (including phenoxy) is 1. The summed E-state index contributed by atoms with van der Waals surface area (Å²) < 4.78 is 10.8. The van der Waals surface area contributed by atoms with Crippen molar-refractivity contribution in [3.63, 3.8) is 0 Å². The van der Waals surface area contributed by atoms with Crippen LogP contribution in [0.3, 0.4) is 0 Å². The number of aryl methyl sites for hydroxylation is 1. The quantitative estimate of drug-likeness (QED) is 0.848. The fourth-order valence-corrected chi connectivity index (χ4v) is 2.74. The van der Waals surface area contributed by atoms with Gasteiger partial charge in [-0.05, 0) is 39.8 Å². The lowest BCUT2D eigenvalue weighted by Crippen LogP contribution is -2.24. The van der Waals surface area contributed by atoms with Crippen molar-refractivity contribution in [3.8, 4) is 11.3 Å². The van der Waals surface area contributed by atoms with E-state index in [0.717, 1.165) is 10.4 Å². The second kappa shape index (κ2) is 4.74. The van der Waals surface area contributed by atoms with Gasteiger partial charge in [-0.3, -0.25) is 0 Å². The van der Waals surface area contributed by atoms with E-state index < -0.39 is 11.6 Å². The van der Waals surface area contributed by atoms with Crippen LogP contribution in [0.2, 0.25) is 0 Å². The van der Waals surface area contributed by atoms with Crippen LogP contribution in [0.15, 0.2) is 22.8 Å². The largest absolute Gasteiger partial charge is 0.464 e. The molecular formula is C14H17NO3S. The van der Waals surface area contributed by atoms with E-state index in [0.29, 0.717) is 16.3 Å². The molecule has 2 N–H and O–H groups in total. The van der Waals surface area contributed by atoms with E-state index >= 15 is 0 Å². The van der Waals surface area contributed by atoms with E-state index in [-0.39, 0.29) is 0 Å². The minimum Gasteiger partial charge on any atom is -0.464 e. The number of carbonyl (C=O) groups is 1. The summed E-state index contributed by atoms with van der Waals surface area (Å²) in [6, 6.07) is 3.59. The molecule has 4 nitrogen and oxygen atoms in total. The van der Waals surface area contributed by atoms with Crippen LogP contribution < -0.4 is 5.73 Å². The Labute approximate surface area is 116 Å². The molecule has 0 saturated heterocycles. The van der Waals surface area contributed by atoms with E-state index in [9.17, 15) is 4.79 Å². The molecule has 2 aromatic heterocycles. The van der Waals surface area contributed by atoms with Crippen molar-refractivity contribution < 1.29 is 13.9 Å². The first-order valence-electron chi connectivity index (χ1n) is 5.95. The van der Waals surface area contributed by atoms with Crippen LogP contribution in [0.1, 0.15) is 36.0 Å². The molecule has 0 aromatic carbocycles. The highest BCUT2D eigenvalue weighted by Gasteiger charge is 2.27. The number of anilines is 1. The summed E-state index contributed by atoms with van der Waals surface area (Å²) in [5.74, 6) is 0.215. The Bertz CT molecular complexity index is 591. The van der Waals surface area contributed by atoms with Crippen molar-refractivity contribution in [1.29, 1.82) is 0 Å². The molecule has 0 atom stereocenters. The lowest BCUT2D eigenvalue weighted by molar-refractivity contribution is 0.00719. The molecule has 0 aliphatic carbocycles. The molecular weight excluding hydrogens is 262 g/mol. The molecule has 0 bridgehead atoms. The van der Waals surface area contributed by atoms with Crippen LogP contribution in [0.5, 0.6) is 0 Å². The van der Waals surface area contributed by atoms with E-state index in [4.69, 9.17) is 14.9 Å². The number of rotatable bonds is 2. The number of esters is 1. The van der Waals surface area contributed by atoms with Crippen molar-refractivity contribution in [1.82, 2.24) is 0 Å². The Hall–Kier alpha value is -1.75. The van der Waals surface area contributed by atoms with Gasteiger partial charge in [0.05, 0.1) is 6.26 Å². The maximum atomic E-state index is 12.3. The van der Waals surface area contributed by atoms with E-state index in [2.05, 4.69) is 0 Å². The molecule has 0 fully saturated rings. The number of carbonyl (C=O) groups excluding carboxylic acids is 1. The molecule has 0 radical (unpaired) electrons. The SMILES string of the molecule is Cc1sc(N)c(C(=O)OC(C)(C)C)c1-c1ccco1. The van der Waals surface area contributed by atoms with E-state index in [1.54, 1.807) is 12.3 Å². The highest BCUT2D eigenvalue weighted by Crippen LogP contribution is 2.39. The zero-order chi connectivity index (χ0) is 14.2. The van der Waals surface area contributed by atoms with Crippen molar-refractivity contribution in [2.75, 3.05) is 5.73 Å². The summed E-state index contributed by atoms with van der Waals surface area (Å²) in [7, 11) is 0. The third-order valence-electron chi connectivity index (χ3n) is 2.48. The summed E-state index contributed by atoms with van der Waals surface area (Å²) >= 11 is 1.37. The monoisotopic (exact) mass is 279 g/mol. The second-order valence-electron chi connectivity index (χ2n) is 5.25. The van der Waals surface area contributed by atoms with Gasteiger partial charge in [0.25, 0.3) is 0 Å². The summed E-state index contributed by atoms with van der Waals surface area (Å²) in [5.41, 5.74) is 6.51. The number of thiophene rings is 1. The Morgan fingerprint density at radius 3 is 2.63 bits per heavy atom. The summed E-state index contributed by atoms with van der Waals surface area (Å²) in [6.45, 7) is 7.39. The average molecular weight is 279 g/mol. The predicted octanol–water partition coefficient (Wildman–Crippen LogP) is 3.85. The van der Waals surface area contributed by atoms with Gasteiger partial charge in [0.1, 0.15) is 21.9 Å². The van der Waals surface area contributed by atoms with Crippen molar-refractivity contribution >= 4 is 22.3 Å². The van der Waals surface area contributed by atoms with Crippen LogP contribution in [-0.4, -0.2) is 11.6 Å². The topological polar surface area (TPSA) is 65.5 Å². The Balaban J connectivity index is 2.49. The van der Waals surface area contributed by atoms with Gasteiger partial charge in [0.15, 0.2) is 0 Å². The lowest BCUT2D eigenvalue weighted by Gasteiger charge is -2.19. The minimum atomic E-state index is -0.556. The van der Waals surface area contributed by atoms with E-state index in [1.807, 2.05) is 33.8 Å². The predicted molar refractivity (Wildman–Crippen MR) is 76.3 cm³/mol. The number of nitrogen functional groups attached to an aromatic ring is 1. The van der Waals surface area contributed by atoms with Gasteiger partial charge in [-0.2, -0.15) is 0 Å². The van der Waals surface area contributed by atoms with Crippen LogP contribution in [0, 0.1) is 6.92 Å². The van der Waals surface area contributed by atoms with Crippen molar-refractivity contribution in [3.05, 3.63) is 28.8 Å². The molecule has 19 heavy (non-hydrogen) atoms. The Morgan fingerprint density at radius 1 is 1.42 bits per heavy atom. The number of hydrogen-bond donors (Lipinski definition) is 1. The second-order valence-corrected chi connectivity index (χ2v) is 6.51. The van der Waals surface area contributed by atoms with Gasteiger partial charge in [-0.1, -0.05) is 0 Å². The standard InChI is InChI=1S/C14H17NO3S/c1-8-10(9-6-5-7-17-9)11(12(15)19-8)13(16)18-14(2,3)4/h5-7H,15H2,1-4H3. The molecule has 0 aliphatic heterocycles. The van der Waals surface area contributed by atoms with Crippen LogP contribution >= 0.6 is 11.3 Å². The summed E-state index contributed by atoms with van der Waals surface area (Å²) in [6.07, 6.45) is 1.57. The zero-order valence-corrected chi connectivity index (χ0v) is 12.3. The fraction of sp³-hybridized carbons (Fsp3) is 0.357. The average Bonchev–Trinajstić information content (AvgIpc) is 2.82. The molecule has 0 amide bonds. The molecule has 2 heterocycles. The first-order valence-corrected chi connectivity index (χ1v) is 6.77. The molecule has 0 spiro atoms. The number of hydrogen-bond acceptors (Lipinski definition) is 5. The maximum absolute atomic E-state index is 12.3. The van der Waals surface area contributed by atoms with Gasteiger partial charge in [-0.25, -0.2) is 4.79 Å². The Morgan fingerprint density at radius 2 is 2.11 bits per heavy atom. The summed E-state index contributed by atoms with van der Waals surface area (Å²) in [5, 5.41) is 0.457. The molecule has 102 valence electrons. The van der Waals surface area contributed by atoms with Gasteiger partial charge in [0, 0.05) is 10.4 Å². The molecule has 5 heteroatoms. The first kappa shape index (κ1) is 13.7. The minimum absolute atomic E-state index is 0.396. The third kappa shape index (κ3) is 2.81. The smallest absolute Gasteiger partial charge is 0.342 e. The van der Waals surface area contributed by atoms with Gasteiger partial charge in [0.2, 0.25) is 0 Å². The maximum Gasteiger partial charge on any atom is 0.342 e.